The molecular formula is C15H19Cl2F2N3O2S. The Balaban J connectivity index is 0.00000288. The monoisotopic (exact) mass is 413 g/mol. The first-order valence-electron chi connectivity index (χ1n) is 6.89. The molecule has 3 N–H and O–H groups in total. The number of hydrogen-bond donors (Lipinski definition) is 2. The Hall–Kier alpha value is -1.48. The van der Waals surface area contributed by atoms with E-state index in [2.05, 4.69) is 10.3 Å². The minimum atomic E-state index is -3.12. The molecule has 0 spiro atoms. The summed E-state index contributed by atoms with van der Waals surface area (Å²) in [5, 5.41) is 4.99. The summed E-state index contributed by atoms with van der Waals surface area (Å²) >= 11 is 1.52. The zero-order chi connectivity index (χ0) is 16.9. The third-order valence-electron chi connectivity index (χ3n) is 2.96. The molecule has 0 aliphatic carbocycles. The number of halogens is 4. The van der Waals surface area contributed by atoms with E-state index in [0.29, 0.717) is 5.75 Å². The van der Waals surface area contributed by atoms with E-state index in [1.165, 1.54) is 23.5 Å². The molecule has 0 bridgehead atoms. The maximum Gasteiger partial charge on any atom is 0.277 e. The number of benzene rings is 1. The molecule has 2 rings (SSSR count). The van der Waals surface area contributed by atoms with Gasteiger partial charge in [-0.2, -0.15) is 0 Å². The van der Waals surface area contributed by atoms with Gasteiger partial charge < -0.3 is 15.8 Å². The van der Waals surface area contributed by atoms with Crippen LogP contribution >= 0.6 is 36.2 Å². The van der Waals surface area contributed by atoms with E-state index < -0.39 is 24.9 Å². The van der Waals surface area contributed by atoms with E-state index in [-0.39, 0.29) is 37.0 Å². The van der Waals surface area contributed by atoms with Gasteiger partial charge in [-0.25, -0.2) is 13.8 Å². The third kappa shape index (κ3) is 7.52. The fourth-order valence-corrected chi connectivity index (χ4v) is 2.34. The highest BCUT2D eigenvalue weighted by Gasteiger charge is 2.27. The lowest BCUT2D eigenvalue weighted by molar-refractivity contribution is 0.0118. The van der Waals surface area contributed by atoms with Crippen LogP contribution in [0.25, 0.3) is 0 Å². The highest BCUT2D eigenvalue weighted by atomic mass is 35.5. The van der Waals surface area contributed by atoms with Crippen LogP contribution in [0.5, 0.6) is 5.75 Å². The van der Waals surface area contributed by atoms with Gasteiger partial charge in [-0.1, -0.05) is 6.07 Å². The van der Waals surface area contributed by atoms with Gasteiger partial charge in [0.2, 0.25) is 0 Å². The molecule has 0 unspecified atom stereocenters. The minimum Gasteiger partial charge on any atom is -0.487 e. The van der Waals surface area contributed by atoms with E-state index in [0.717, 1.165) is 10.7 Å². The SMILES string of the molecule is Cc1nc(COc2cccc(C(=O)NCC(F)(F)CN)c2)cs1.Cl.Cl. The second-order valence-corrected chi connectivity index (χ2v) is 5.98. The molecule has 140 valence electrons. The van der Waals surface area contributed by atoms with Crippen molar-refractivity contribution in [1.29, 1.82) is 0 Å². The number of aromatic nitrogens is 1. The van der Waals surface area contributed by atoms with Crippen LogP contribution in [-0.4, -0.2) is 29.9 Å². The molecule has 1 aromatic carbocycles. The van der Waals surface area contributed by atoms with Crippen LogP contribution in [0, 0.1) is 6.92 Å². The molecule has 10 heteroatoms. The van der Waals surface area contributed by atoms with Gasteiger partial charge in [0.25, 0.3) is 11.8 Å². The molecule has 1 amide bonds. The molecule has 1 heterocycles. The first-order valence-corrected chi connectivity index (χ1v) is 7.77. The first-order chi connectivity index (χ1) is 10.9. The average Bonchev–Trinajstić information content (AvgIpc) is 2.96. The average molecular weight is 414 g/mol. The number of thiazole rings is 1. The zero-order valence-electron chi connectivity index (χ0n) is 13.3. The number of nitrogens with one attached hydrogen (secondary N) is 1. The number of amides is 1. The summed E-state index contributed by atoms with van der Waals surface area (Å²) in [4.78, 5) is 16.2. The molecule has 2 aromatic rings. The molecule has 0 aliphatic rings. The number of ether oxygens (including phenoxy) is 1. The maximum absolute atomic E-state index is 13.0. The van der Waals surface area contributed by atoms with Gasteiger partial charge in [-0.15, -0.1) is 36.2 Å². The molecule has 0 radical (unpaired) electrons. The van der Waals surface area contributed by atoms with Crippen LogP contribution in [0.2, 0.25) is 0 Å². The lowest BCUT2D eigenvalue weighted by Crippen LogP contribution is -2.41. The zero-order valence-corrected chi connectivity index (χ0v) is 15.8. The Labute approximate surface area is 160 Å². The van der Waals surface area contributed by atoms with E-state index in [4.69, 9.17) is 10.5 Å². The fourth-order valence-electron chi connectivity index (χ4n) is 1.74. The molecule has 0 saturated carbocycles. The molecule has 25 heavy (non-hydrogen) atoms. The molecule has 0 fully saturated rings. The van der Waals surface area contributed by atoms with Crippen molar-refractivity contribution in [3.05, 3.63) is 45.9 Å². The standard InChI is InChI=1S/C15H17F2N3O2S.2ClH/c1-10-20-12(7-23-10)6-22-13-4-2-3-11(5-13)14(21)19-9-15(16,17)8-18;;/h2-5,7H,6,8-9,18H2,1H3,(H,19,21);2*1H. The number of rotatable bonds is 7. The quantitative estimate of drug-likeness (QED) is 0.730. The Morgan fingerprint density at radius 2 is 2.12 bits per heavy atom. The number of hydrogen-bond acceptors (Lipinski definition) is 5. The molecule has 0 atom stereocenters. The highest BCUT2D eigenvalue weighted by Crippen LogP contribution is 2.17. The van der Waals surface area contributed by atoms with Crippen molar-refractivity contribution in [2.24, 2.45) is 5.73 Å². The molecule has 1 aromatic heterocycles. The van der Waals surface area contributed by atoms with E-state index in [9.17, 15) is 13.6 Å². The predicted octanol–water partition coefficient (Wildman–Crippen LogP) is 3.20. The fraction of sp³-hybridized carbons (Fsp3) is 0.333. The van der Waals surface area contributed by atoms with E-state index >= 15 is 0 Å². The summed E-state index contributed by atoms with van der Waals surface area (Å²) < 4.78 is 31.7. The van der Waals surface area contributed by atoms with Crippen LogP contribution in [0.1, 0.15) is 21.1 Å². The summed E-state index contributed by atoms with van der Waals surface area (Å²) in [6.45, 7) is 0.561. The van der Waals surface area contributed by atoms with E-state index in [1.54, 1.807) is 12.1 Å². The van der Waals surface area contributed by atoms with Gasteiger partial charge in [-0.05, 0) is 25.1 Å². The number of carbonyl (C=O) groups is 1. The number of nitrogens with two attached hydrogens (primary N) is 1. The summed E-state index contributed by atoms with van der Waals surface area (Å²) in [6.07, 6.45) is 0. The number of alkyl halides is 2. The van der Waals surface area contributed by atoms with Crippen molar-refractivity contribution in [3.63, 3.8) is 0 Å². The second-order valence-electron chi connectivity index (χ2n) is 4.92. The van der Waals surface area contributed by atoms with E-state index in [1.807, 2.05) is 12.3 Å². The number of aryl methyl sites for hydroxylation is 1. The van der Waals surface area contributed by atoms with Crippen molar-refractivity contribution in [2.75, 3.05) is 13.1 Å². The topological polar surface area (TPSA) is 77.2 Å². The molecule has 5 nitrogen and oxygen atoms in total. The van der Waals surface area contributed by atoms with Gasteiger partial charge in [-0.3, -0.25) is 4.79 Å². The Kier molecular flexibility index (Phi) is 9.88. The summed E-state index contributed by atoms with van der Waals surface area (Å²) in [7, 11) is 0. The summed E-state index contributed by atoms with van der Waals surface area (Å²) in [5.41, 5.74) is 5.96. The maximum atomic E-state index is 13.0. The number of carbonyl (C=O) groups excluding carboxylic acids is 1. The van der Waals surface area contributed by atoms with Gasteiger partial charge >= 0.3 is 0 Å². The van der Waals surface area contributed by atoms with Gasteiger partial charge in [0.15, 0.2) is 0 Å². The van der Waals surface area contributed by atoms with Crippen LogP contribution < -0.4 is 15.8 Å². The van der Waals surface area contributed by atoms with Crippen LogP contribution in [0.15, 0.2) is 29.6 Å². The van der Waals surface area contributed by atoms with Crippen LogP contribution in [-0.2, 0) is 6.61 Å². The lowest BCUT2D eigenvalue weighted by Gasteiger charge is -2.14. The van der Waals surface area contributed by atoms with Gasteiger partial charge in [0, 0.05) is 10.9 Å². The minimum absolute atomic E-state index is 0. The van der Waals surface area contributed by atoms with Crippen molar-refractivity contribution < 1.29 is 18.3 Å². The van der Waals surface area contributed by atoms with Crippen molar-refractivity contribution in [1.82, 2.24) is 10.3 Å². The molecular weight excluding hydrogens is 395 g/mol. The largest absolute Gasteiger partial charge is 0.487 e. The number of nitrogens with zero attached hydrogens (tertiary/aromatic N) is 1. The summed E-state index contributed by atoms with van der Waals surface area (Å²) in [5.74, 6) is -3.26. The van der Waals surface area contributed by atoms with Crippen LogP contribution in [0.4, 0.5) is 8.78 Å². The van der Waals surface area contributed by atoms with Crippen molar-refractivity contribution >= 4 is 42.1 Å². The normalized spacial score (nSPS) is 10.4. The molecule has 0 saturated heterocycles. The lowest BCUT2D eigenvalue weighted by atomic mass is 10.2. The Bertz CT molecular complexity index is 686. The second kappa shape index (κ2) is 10.5. The highest BCUT2D eigenvalue weighted by molar-refractivity contribution is 7.09. The third-order valence-corrected chi connectivity index (χ3v) is 3.78. The Morgan fingerprint density at radius 1 is 1.40 bits per heavy atom. The first kappa shape index (κ1) is 23.5. The van der Waals surface area contributed by atoms with Gasteiger partial charge in [0.05, 0.1) is 23.8 Å². The van der Waals surface area contributed by atoms with Crippen molar-refractivity contribution in [3.8, 4) is 5.75 Å². The smallest absolute Gasteiger partial charge is 0.277 e. The van der Waals surface area contributed by atoms with Crippen molar-refractivity contribution in [2.45, 2.75) is 19.5 Å². The molecule has 0 aliphatic heterocycles. The Morgan fingerprint density at radius 3 is 2.72 bits per heavy atom. The van der Waals surface area contributed by atoms with Crippen LogP contribution in [0.3, 0.4) is 0 Å². The summed E-state index contributed by atoms with van der Waals surface area (Å²) in [6, 6.07) is 6.33. The predicted molar refractivity (Wildman–Crippen MR) is 98.5 cm³/mol. The van der Waals surface area contributed by atoms with Gasteiger partial charge in [0.1, 0.15) is 12.4 Å².